The van der Waals surface area contributed by atoms with Crippen LogP contribution in [0.5, 0.6) is 0 Å². The second kappa shape index (κ2) is 3.93. The van der Waals surface area contributed by atoms with E-state index in [0.29, 0.717) is 6.07 Å². The van der Waals surface area contributed by atoms with Gasteiger partial charge in [0.2, 0.25) is 0 Å². The zero-order chi connectivity index (χ0) is 11.6. The van der Waals surface area contributed by atoms with Gasteiger partial charge < -0.3 is 5.11 Å². The van der Waals surface area contributed by atoms with E-state index in [0.717, 1.165) is 6.07 Å². The molecule has 0 spiro atoms. The van der Waals surface area contributed by atoms with Crippen molar-refractivity contribution in [2.45, 2.75) is 6.18 Å². The van der Waals surface area contributed by atoms with E-state index in [4.69, 9.17) is 16.7 Å². The van der Waals surface area contributed by atoms with Crippen LogP contribution < -0.4 is 5.32 Å². The molecule has 0 saturated carbocycles. The van der Waals surface area contributed by atoms with E-state index in [2.05, 4.69) is 4.98 Å². The standard InChI is InChI=1S/C7H4ClF3N2O2/c8-5-3(7(9,10)11)1-2-4(12-5)13-6(14)15/h1-2H,(H,12,13)(H,14,15). The van der Waals surface area contributed by atoms with Crippen molar-refractivity contribution in [3.05, 3.63) is 22.8 Å². The smallest absolute Gasteiger partial charge is 0.419 e. The molecule has 1 aromatic heterocycles. The first-order valence-corrected chi connectivity index (χ1v) is 3.92. The first-order valence-electron chi connectivity index (χ1n) is 3.54. The Hall–Kier alpha value is -1.50. The molecule has 2 N–H and O–H groups in total. The molecule has 4 nitrogen and oxygen atoms in total. The molecule has 0 aliphatic rings. The predicted octanol–water partition coefficient (Wildman–Crippen LogP) is 2.84. The lowest BCUT2D eigenvalue weighted by Crippen LogP contribution is -2.11. The number of pyridine rings is 1. The zero-order valence-electron chi connectivity index (χ0n) is 6.97. The molecule has 0 aliphatic heterocycles. The largest absolute Gasteiger partial charge is 0.465 e. The summed E-state index contributed by atoms with van der Waals surface area (Å²) in [6, 6.07) is 1.53. The number of hydrogen-bond donors (Lipinski definition) is 2. The number of amides is 1. The van der Waals surface area contributed by atoms with Crippen LogP contribution in [0.3, 0.4) is 0 Å². The van der Waals surface area contributed by atoms with Crippen LogP contribution in [0, 0.1) is 0 Å². The second-order valence-corrected chi connectivity index (χ2v) is 2.82. The Morgan fingerprint density at radius 2 is 2.07 bits per heavy atom. The van der Waals surface area contributed by atoms with Gasteiger partial charge in [-0.15, -0.1) is 0 Å². The van der Waals surface area contributed by atoms with Crippen LogP contribution in [0.2, 0.25) is 5.15 Å². The minimum atomic E-state index is -4.61. The summed E-state index contributed by atoms with van der Waals surface area (Å²) in [5, 5.41) is 9.25. The van der Waals surface area contributed by atoms with Crippen molar-refractivity contribution in [2.24, 2.45) is 0 Å². The maximum absolute atomic E-state index is 12.2. The third-order valence-electron chi connectivity index (χ3n) is 1.39. The molecule has 82 valence electrons. The van der Waals surface area contributed by atoms with Crippen LogP contribution in [0.1, 0.15) is 5.56 Å². The average molecular weight is 241 g/mol. The molecule has 1 rings (SSSR count). The molecule has 1 amide bonds. The van der Waals surface area contributed by atoms with Crippen molar-refractivity contribution in [1.82, 2.24) is 4.98 Å². The number of carboxylic acid groups (broad SMARTS) is 1. The minimum Gasteiger partial charge on any atom is -0.465 e. The van der Waals surface area contributed by atoms with Gasteiger partial charge in [-0.3, -0.25) is 5.32 Å². The molecular weight excluding hydrogens is 237 g/mol. The Bertz CT molecular complexity index is 394. The van der Waals surface area contributed by atoms with Gasteiger partial charge in [-0.2, -0.15) is 13.2 Å². The molecule has 1 aromatic rings. The maximum atomic E-state index is 12.2. The molecule has 1 heterocycles. The number of carbonyl (C=O) groups is 1. The van der Waals surface area contributed by atoms with Crippen LogP contribution in [0.15, 0.2) is 12.1 Å². The topological polar surface area (TPSA) is 62.2 Å². The molecule has 15 heavy (non-hydrogen) atoms. The van der Waals surface area contributed by atoms with Gasteiger partial charge in [-0.05, 0) is 12.1 Å². The number of halogens is 4. The Morgan fingerprint density at radius 1 is 1.47 bits per heavy atom. The van der Waals surface area contributed by atoms with Crippen LogP contribution in [-0.4, -0.2) is 16.2 Å². The number of rotatable bonds is 1. The predicted molar refractivity (Wildman–Crippen MR) is 45.9 cm³/mol. The lowest BCUT2D eigenvalue weighted by atomic mass is 10.3. The van der Waals surface area contributed by atoms with Crippen molar-refractivity contribution < 1.29 is 23.1 Å². The highest BCUT2D eigenvalue weighted by molar-refractivity contribution is 6.30. The Morgan fingerprint density at radius 3 is 2.47 bits per heavy atom. The van der Waals surface area contributed by atoms with Crippen LogP contribution in [0.4, 0.5) is 23.8 Å². The number of anilines is 1. The third-order valence-corrected chi connectivity index (χ3v) is 1.68. The molecule has 0 aromatic carbocycles. The highest BCUT2D eigenvalue weighted by Gasteiger charge is 2.33. The van der Waals surface area contributed by atoms with Crippen LogP contribution in [0.25, 0.3) is 0 Å². The molecule has 0 aliphatic carbocycles. The van der Waals surface area contributed by atoms with Gasteiger partial charge in [-0.25, -0.2) is 9.78 Å². The molecular formula is C7H4ClF3N2O2. The van der Waals surface area contributed by atoms with E-state index < -0.39 is 23.0 Å². The van der Waals surface area contributed by atoms with E-state index in [1.807, 2.05) is 0 Å². The Labute approximate surface area is 86.7 Å². The minimum absolute atomic E-state index is 0.263. The summed E-state index contributed by atoms with van der Waals surface area (Å²) in [5.74, 6) is -0.263. The zero-order valence-corrected chi connectivity index (χ0v) is 7.73. The Kier molecular flexibility index (Phi) is 3.04. The van der Waals surface area contributed by atoms with Gasteiger partial charge in [0.25, 0.3) is 0 Å². The fourth-order valence-corrected chi connectivity index (χ4v) is 1.09. The van der Waals surface area contributed by atoms with Gasteiger partial charge in [0, 0.05) is 0 Å². The van der Waals surface area contributed by atoms with E-state index in [-0.39, 0.29) is 5.82 Å². The lowest BCUT2D eigenvalue weighted by molar-refractivity contribution is -0.137. The van der Waals surface area contributed by atoms with Gasteiger partial charge in [0.15, 0.2) is 0 Å². The number of hydrogen-bond acceptors (Lipinski definition) is 2. The quantitative estimate of drug-likeness (QED) is 0.742. The molecule has 0 saturated heterocycles. The second-order valence-electron chi connectivity index (χ2n) is 2.46. The number of alkyl halides is 3. The van der Waals surface area contributed by atoms with E-state index in [1.165, 1.54) is 0 Å². The SMILES string of the molecule is O=C(O)Nc1ccc(C(F)(F)F)c(Cl)n1. The summed E-state index contributed by atoms with van der Waals surface area (Å²) in [6.45, 7) is 0. The monoisotopic (exact) mass is 240 g/mol. The van der Waals surface area contributed by atoms with E-state index in [9.17, 15) is 18.0 Å². The van der Waals surface area contributed by atoms with Crippen LogP contribution >= 0.6 is 11.6 Å². The van der Waals surface area contributed by atoms with Crippen molar-refractivity contribution >= 4 is 23.5 Å². The average Bonchev–Trinajstić information content (AvgIpc) is 1.99. The van der Waals surface area contributed by atoms with Crippen molar-refractivity contribution in [3.8, 4) is 0 Å². The van der Waals surface area contributed by atoms with Crippen molar-refractivity contribution in [3.63, 3.8) is 0 Å². The molecule has 0 atom stereocenters. The third kappa shape index (κ3) is 2.98. The summed E-state index contributed by atoms with van der Waals surface area (Å²) >= 11 is 5.23. The fraction of sp³-hybridized carbons (Fsp3) is 0.143. The first kappa shape index (κ1) is 11.6. The summed E-state index contributed by atoms with van der Waals surface area (Å²) in [7, 11) is 0. The normalized spacial score (nSPS) is 11.2. The summed E-state index contributed by atoms with van der Waals surface area (Å²) in [5.41, 5.74) is -1.11. The maximum Gasteiger partial charge on any atom is 0.419 e. The lowest BCUT2D eigenvalue weighted by Gasteiger charge is -2.08. The number of nitrogens with one attached hydrogen (secondary N) is 1. The molecule has 8 heteroatoms. The number of nitrogens with zero attached hydrogens (tertiary/aromatic N) is 1. The van der Waals surface area contributed by atoms with Gasteiger partial charge >= 0.3 is 12.3 Å². The molecule has 0 unspecified atom stereocenters. The summed E-state index contributed by atoms with van der Waals surface area (Å²) in [6.07, 6.45) is -6.04. The van der Waals surface area contributed by atoms with Crippen molar-refractivity contribution in [1.29, 1.82) is 0 Å². The summed E-state index contributed by atoms with van der Waals surface area (Å²) in [4.78, 5) is 13.4. The molecule has 0 bridgehead atoms. The molecule has 0 fully saturated rings. The highest BCUT2D eigenvalue weighted by Crippen LogP contribution is 2.34. The van der Waals surface area contributed by atoms with Gasteiger partial charge in [-0.1, -0.05) is 11.6 Å². The number of aromatic nitrogens is 1. The summed E-state index contributed by atoms with van der Waals surface area (Å²) < 4.78 is 36.5. The fourth-order valence-electron chi connectivity index (χ4n) is 0.825. The van der Waals surface area contributed by atoms with Gasteiger partial charge in [0.1, 0.15) is 11.0 Å². The van der Waals surface area contributed by atoms with Crippen molar-refractivity contribution in [2.75, 3.05) is 5.32 Å². The van der Waals surface area contributed by atoms with Gasteiger partial charge in [0.05, 0.1) is 5.56 Å². The van der Waals surface area contributed by atoms with E-state index in [1.54, 1.807) is 5.32 Å². The highest BCUT2D eigenvalue weighted by atomic mass is 35.5. The molecule has 0 radical (unpaired) electrons. The van der Waals surface area contributed by atoms with E-state index >= 15 is 0 Å². The first-order chi connectivity index (χ1) is 6.80. The van der Waals surface area contributed by atoms with Crippen LogP contribution in [-0.2, 0) is 6.18 Å². The Balaban J connectivity index is 3.04.